The Morgan fingerprint density at radius 2 is 2.17 bits per heavy atom. The van der Waals surface area contributed by atoms with Crippen molar-refractivity contribution in [2.45, 2.75) is 9.92 Å². The van der Waals surface area contributed by atoms with Gasteiger partial charge in [0.1, 0.15) is 5.03 Å². The van der Waals surface area contributed by atoms with Crippen LogP contribution in [0.1, 0.15) is 10.4 Å². The number of rotatable bonds is 3. The maximum atomic E-state index is 11.0. The zero-order valence-electron chi connectivity index (χ0n) is 9.13. The fourth-order valence-electron chi connectivity index (χ4n) is 1.36. The summed E-state index contributed by atoms with van der Waals surface area (Å²) in [5.41, 5.74) is 6.06. The van der Waals surface area contributed by atoms with E-state index in [9.17, 15) is 4.79 Å². The molecule has 0 saturated heterocycles. The number of halogens is 1. The largest absolute Gasteiger partial charge is 0.478 e. The third-order valence-corrected chi connectivity index (χ3v) is 3.70. The molecular weight excluding hydrogens is 316 g/mol. The van der Waals surface area contributed by atoms with E-state index in [0.717, 1.165) is 9.37 Å². The Hall–Kier alpha value is -1.53. The van der Waals surface area contributed by atoms with Gasteiger partial charge in [-0.1, -0.05) is 33.8 Å². The Kier molecular flexibility index (Phi) is 3.88. The third kappa shape index (κ3) is 2.83. The fourth-order valence-corrected chi connectivity index (χ4v) is 2.80. The summed E-state index contributed by atoms with van der Waals surface area (Å²) < 4.78 is 0.945. The highest BCUT2D eigenvalue weighted by Gasteiger charge is 2.13. The standard InChI is InChI=1S/C12H9BrN2O2S/c13-7-2-1-3-8(6-7)18-11-10(14)9(12(16)17)4-5-15-11/h1-6H,14H2,(H,16,17). The molecule has 0 aliphatic rings. The Morgan fingerprint density at radius 3 is 2.83 bits per heavy atom. The van der Waals surface area contributed by atoms with Crippen LogP contribution in [0.25, 0.3) is 0 Å². The summed E-state index contributed by atoms with van der Waals surface area (Å²) in [6.45, 7) is 0. The minimum atomic E-state index is -1.05. The number of carboxylic acid groups (broad SMARTS) is 1. The summed E-state index contributed by atoms with van der Waals surface area (Å²) in [5, 5.41) is 9.47. The van der Waals surface area contributed by atoms with Crippen LogP contribution in [0, 0.1) is 0 Å². The van der Waals surface area contributed by atoms with E-state index in [-0.39, 0.29) is 11.3 Å². The zero-order chi connectivity index (χ0) is 13.1. The molecule has 0 fully saturated rings. The normalized spacial score (nSPS) is 10.3. The number of benzene rings is 1. The predicted molar refractivity (Wildman–Crippen MR) is 73.9 cm³/mol. The van der Waals surface area contributed by atoms with Gasteiger partial charge in [0.25, 0.3) is 0 Å². The van der Waals surface area contributed by atoms with E-state index in [1.54, 1.807) is 0 Å². The number of anilines is 1. The fraction of sp³-hybridized carbons (Fsp3) is 0. The second-order valence-corrected chi connectivity index (χ2v) is 5.42. The first kappa shape index (κ1) is 12.9. The van der Waals surface area contributed by atoms with E-state index in [2.05, 4.69) is 20.9 Å². The van der Waals surface area contributed by atoms with Crippen molar-refractivity contribution < 1.29 is 9.90 Å². The lowest BCUT2D eigenvalue weighted by Gasteiger charge is -2.07. The van der Waals surface area contributed by atoms with Crippen molar-refractivity contribution in [3.8, 4) is 0 Å². The van der Waals surface area contributed by atoms with E-state index in [4.69, 9.17) is 10.8 Å². The predicted octanol–water partition coefficient (Wildman–Crippen LogP) is 3.28. The van der Waals surface area contributed by atoms with Gasteiger partial charge in [0.15, 0.2) is 0 Å². The molecule has 0 saturated carbocycles. The highest BCUT2D eigenvalue weighted by Crippen LogP contribution is 2.32. The van der Waals surface area contributed by atoms with Crippen molar-refractivity contribution in [2.24, 2.45) is 0 Å². The van der Waals surface area contributed by atoms with E-state index >= 15 is 0 Å². The summed E-state index contributed by atoms with van der Waals surface area (Å²) in [5.74, 6) is -1.05. The average Bonchev–Trinajstić information content (AvgIpc) is 2.31. The van der Waals surface area contributed by atoms with Crippen molar-refractivity contribution in [1.29, 1.82) is 0 Å². The molecule has 0 aliphatic heterocycles. The molecule has 0 atom stereocenters. The van der Waals surface area contributed by atoms with Crippen LogP contribution in [-0.2, 0) is 0 Å². The van der Waals surface area contributed by atoms with Gasteiger partial charge in [-0.25, -0.2) is 9.78 Å². The highest BCUT2D eigenvalue weighted by molar-refractivity contribution is 9.10. The van der Waals surface area contributed by atoms with Crippen LogP contribution in [0.3, 0.4) is 0 Å². The smallest absolute Gasteiger partial charge is 0.337 e. The first-order valence-corrected chi connectivity index (χ1v) is 6.60. The van der Waals surface area contributed by atoms with Gasteiger partial charge in [0.05, 0.1) is 11.3 Å². The number of hydrogen-bond acceptors (Lipinski definition) is 4. The molecule has 2 aromatic rings. The number of nitrogens with zero attached hydrogens (tertiary/aromatic N) is 1. The molecule has 1 aromatic heterocycles. The molecule has 6 heteroatoms. The molecule has 1 aromatic carbocycles. The lowest BCUT2D eigenvalue weighted by atomic mass is 10.2. The van der Waals surface area contributed by atoms with E-state index < -0.39 is 5.97 Å². The molecular formula is C12H9BrN2O2S. The minimum Gasteiger partial charge on any atom is -0.478 e. The summed E-state index contributed by atoms with van der Waals surface area (Å²) in [6.07, 6.45) is 1.44. The first-order valence-electron chi connectivity index (χ1n) is 4.99. The van der Waals surface area contributed by atoms with Crippen LogP contribution >= 0.6 is 27.7 Å². The molecule has 18 heavy (non-hydrogen) atoms. The lowest BCUT2D eigenvalue weighted by Crippen LogP contribution is -2.04. The van der Waals surface area contributed by atoms with Crippen molar-refractivity contribution in [3.63, 3.8) is 0 Å². The summed E-state index contributed by atoms with van der Waals surface area (Å²) in [7, 11) is 0. The van der Waals surface area contributed by atoms with Gasteiger partial charge in [-0.3, -0.25) is 0 Å². The monoisotopic (exact) mass is 324 g/mol. The molecule has 2 rings (SSSR count). The number of hydrogen-bond donors (Lipinski definition) is 2. The Balaban J connectivity index is 2.35. The SMILES string of the molecule is Nc1c(C(=O)O)ccnc1Sc1cccc(Br)c1. The number of aromatic nitrogens is 1. The van der Waals surface area contributed by atoms with Gasteiger partial charge >= 0.3 is 5.97 Å². The van der Waals surface area contributed by atoms with Gasteiger partial charge in [-0.2, -0.15) is 0 Å². The molecule has 4 nitrogen and oxygen atoms in total. The van der Waals surface area contributed by atoms with Gasteiger partial charge in [-0.05, 0) is 24.3 Å². The molecule has 0 unspecified atom stereocenters. The molecule has 0 bridgehead atoms. The van der Waals surface area contributed by atoms with E-state index in [1.165, 1.54) is 24.0 Å². The molecule has 0 radical (unpaired) electrons. The Bertz CT molecular complexity index is 604. The second kappa shape index (κ2) is 5.41. The van der Waals surface area contributed by atoms with Crippen molar-refractivity contribution in [1.82, 2.24) is 4.98 Å². The van der Waals surface area contributed by atoms with Crippen LogP contribution in [0.5, 0.6) is 0 Å². The van der Waals surface area contributed by atoms with Gasteiger partial charge in [0, 0.05) is 15.6 Å². The maximum Gasteiger partial charge on any atom is 0.337 e. The van der Waals surface area contributed by atoms with Crippen molar-refractivity contribution >= 4 is 39.3 Å². The summed E-state index contributed by atoms with van der Waals surface area (Å²) in [6, 6.07) is 9.02. The quantitative estimate of drug-likeness (QED) is 0.906. The first-order chi connectivity index (χ1) is 8.58. The number of carboxylic acids is 1. The van der Waals surface area contributed by atoms with Crippen molar-refractivity contribution in [2.75, 3.05) is 5.73 Å². The Labute approximate surface area is 116 Å². The molecule has 3 N–H and O–H groups in total. The molecule has 1 heterocycles. The van der Waals surface area contributed by atoms with Gasteiger partial charge in [-0.15, -0.1) is 0 Å². The number of pyridine rings is 1. The number of carbonyl (C=O) groups is 1. The number of nitrogen functional groups attached to an aromatic ring is 1. The van der Waals surface area contributed by atoms with Crippen LogP contribution in [0.4, 0.5) is 5.69 Å². The van der Waals surface area contributed by atoms with Crippen LogP contribution in [0.15, 0.2) is 50.9 Å². The summed E-state index contributed by atoms with van der Waals surface area (Å²) >= 11 is 4.70. The lowest BCUT2D eigenvalue weighted by molar-refractivity contribution is 0.0697. The van der Waals surface area contributed by atoms with Gasteiger partial charge in [0.2, 0.25) is 0 Å². The van der Waals surface area contributed by atoms with Crippen LogP contribution < -0.4 is 5.73 Å². The highest BCUT2D eigenvalue weighted by atomic mass is 79.9. The summed E-state index contributed by atoms with van der Waals surface area (Å²) in [4.78, 5) is 16.0. The van der Waals surface area contributed by atoms with Crippen LogP contribution in [0.2, 0.25) is 0 Å². The molecule has 92 valence electrons. The van der Waals surface area contributed by atoms with Crippen molar-refractivity contribution in [3.05, 3.63) is 46.6 Å². The van der Waals surface area contributed by atoms with Crippen LogP contribution in [-0.4, -0.2) is 16.1 Å². The maximum absolute atomic E-state index is 11.0. The molecule has 0 spiro atoms. The zero-order valence-corrected chi connectivity index (χ0v) is 11.5. The van der Waals surface area contributed by atoms with Gasteiger partial charge < -0.3 is 10.8 Å². The molecule has 0 aliphatic carbocycles. The number of nitrogens with two attached hydrogens (primary N) is 1. The van der Waals surface area contributed by atoms with E-state index in [1.807, 2.05) is 24.3 Å². The second-order valence-electron chi connectivity index (χ2n) is 3.44. The Morgan fingerprint density at radius 1 is 1.39 bits per heavy atom. The number of aromatic carboxylic acids is 1. The minimum absolute atomic E-state index is 0.0718. The average molecular weight is 325 g/mol. The topological polar surface area (TPSA) is 76.2 Å². The molecule has 0 amide bonds. The van der Waals surface area contributed by atoms with E-state index in [0.29, 0.717) is 5.03 Å². The third-order valence-electron chi connectivity index (χ3n) is 2.19.